The van der Waals surface area contributed by atoms with Gasteiger partial charge < -0.3 is 24.5 Å². The maximum atomic E-state index is 6.55. The highest BCUT2D eigenvalue weighted by molar-refractivity contribution is 6.12. The Labute approximate surface area is 151 Å². The Morgan fingerprint density at radius 2 is 1.54 bits per heavy atom. The van der Waals surface area contributed by atoms with Crippen LogP contribution in [0.4, 0.5) is 11.6 Å². The maximum Gasteiger partial charge on any atom is 0.227 e. The fourth-order valence-corrected chi connectivity index (χ4v) is 3.02. The largest absolute Gasteiger partial charge is 0.497 e. The molecule has 0 saturated heterocycles. The summed E-state index contributed by atoms with van der Waals surface area (Å²) < 4.78 is 16.0. The molecule has 1 aliphatic rings. The van der Waals surface area contributed by atoms with E-state index in [9.17, 15) is 0 Å². The maximum absolute atomic E-state index is 6.55. The zero-order valence-corrected chi connectivity index (χ0v) is 14.5. The molecule has 26 heavy (non-hydrogen) atoms. The number of fused-ring (bicyclic) bond motifs is 1. The van der Waals surface area contributed by atoms with Crippen molar-refractivity contribution in [3.63, 3.8) is 0 Å². The van der Waals surface area contributed by atoms with E-state index in [1.54, 1.807) is 20.5 Å². The molecule has 0 fully saturated rings. The van der Waals surface area contributed by atoms with Gasteiger partial charge in [0.05, 0.1) is 26.0 Å². The Kier molecular flexibility index (Phi) is 4.10. The average molecular weight is 349 g/mol. The van der Waals surface area contributed by atoms with Crippen LogP contribution in [0.1, 0.15) is 17.3 Å². The van der Waals surface area contributed by atoms with Crippen LogP contribution in [0.3, 0.4) is 0 Å². The summed E-state index contributed by atoms with van der Waals surface area (Å²) in [6, 6.07) is 17.3. The normalized spacial score (nSPS) is 16.0. The predicted octanol–water partition coefficient (Wildman–Crippen LogP) is 3.85. The Bertz CT molecular complexity index is 930. The third-order valence-corrected chi connectivity index (χ3v) is 4.41. The molecule has 0 spiro atoms. The lowest BCUT2D eigenvalue weighted by Crippen LogP contribution is -2.41. The quantitative estimate of drug-likeness (QED) is 0.774. The van der Waals surface area contributed by atoms with Gasteiger partial charge in [-0.2, -0.15) is 4.99 Å². The number of methoxy groups -OCH3 is 2. The van der Waals surface area contributed by atoms with Gasteiger partial charge in [-0.1, -0.05) is 0 Å². The molecule has 1 aliphatic heterocycles. The van der Waals surface area contributed by atoms with Gasteiger partial charge in [-0.05, 0) is 54.6 Å². The fourth-order valence-electron chi connectivity index (χ4n) is 3.02. The lowest BCUT2D eigenvalue weighted by Gasteiger charge is -2.34. The van der Waals surface area contributed by atoms with E-state index >= 15 is 0 Å². The van der Waals surface area contributed by atoms with Crippen LogP contribution in [0, 0.1) is 0 Å². The van der Waals surface area contributed by atoms with E-state index in [1.807, 2.05) is 59.5 Å². The highest BCUT2D eigenvalue weighted by Gasteiger charge is 2.31. The van der Waals surface area contributed by atoms with Crippen LogP contribution in [0.5, 0.6) is 11.5 Å². The third kappa shape index (κ3) is 2.70. The van der Waals surface area contributed by atoms with Crippen LogP contribution in [0.15, 0.2) is 70.3 Å². The monoisotopic (exact) mass is 349 g/mol. The highest BCUT2D eigenvalue weighted by atomic mass is 16.5. The van der Waals surface area contributed by atoms with Crippen molar-refractivity contribution < 1.29 is 13.9 Å². The molecule has 0 saturated carbocycles. The van der Waals surface area contributed by atoms with Crippen molar-refractivity contribution in [1.29, 1.82) is 0 Å². The first-order chi connectivity index (χ1) is 12.7. The summed E-state index contributed by atoms with van der Waals surface area (Å²) >= 11 is 0. The summed E-state index contributed by atoms with van der Waals surface area (Å²) in [5.41, 5.74) is 9.23. The van der Waals surface area contributed by atoms with Crippen molar-refractivity contribution in [3.05, 3.63) is 72.0 Å². The number of aliphatic imine (C=N–C) groups is 1. The number of nitrogens with two attached hydrogens (primary N) is 1. The van der Waals surface area contributed by atoms with Crippen LogP contribution in [-0.4, -0.2) is 20.1 Å². The molecule has 132 valence electrons. The number of rotatable bonds is 4. The first-order valence-corrected chi connectivity index (χ1v) is 8.20. The van der Waals surface area contributed by atoms with Gasteiger partial charge in [0, 0.05) is 11.3 Å². The van der Waals surface area contributed by atoms with Gasteiger partial charge in [0.1, 0.15) is 23.5 Å². The molecule has 3 aromatic rings. The number of nitrogens with zero attached hydrogens (tertiary/aromatic N) is 2. The van der Waals surface area contributed by atoms with E-state index in [4.69, 9.17) is 24.6 Å². The van der Waals surface area contributed by atoms with Gasteiger partial charge in [-0.3, -0.25) is 0 Å². The van der Waals surface area contributed by atoms with Crippen molar-refractivity contribution in [2.75, 3.05) is 19.1 Å². The molecule has 1 unspecified atom stereocenters. The van der Waals surface area contributed by atoms with E-state index < -0.39 is 6.17 Å². The first kappa shape index (κ1) is 16.2. The van der Waals surface area contributed by atoms with E-state index in [1.165, 1.54) is 0 Å². The van der Waals surface area contributed by atoms with Crippen LogP contribution >= 0.6 is 0 Å². The van der Waals surface area contributed by atoms with Crippen molar-refractivity contribution in [1.82, 2.24) is 0 Å². The van der Waals surface area contributed by atoms with Gasteiger partial charge in [0.15, 0.2) is 0 Å². The topological polar surface area (TPSA) is 73.2 Å². The van der Waals surface area contributed by atoms with Crippen LogP contribution in [-0.2, 0) is 0 Å². The SMILES string of the molecule is COc1ccc(C2=Nc3occc3C(N)N2c2ccc(OC)cc2)cc1. The molecule has 1 aromatic heterocycles. The summed E-state index contributed by atoms with van der Waals surface area (Å²) in [5, 5.41) is 0. The zero-order valence-electron chi connectivity index (χ0n) is 14.5. The summed E-state index contributed by atoms with van der Waals surface area (Å²) in [5.74, 6) is 2.82. The number of hydrogen-bond donors (Lipinski definition) is 1. The van der Waals surface area contributed by atoms with E-state index in [0.717, 1.165) is 28.3 Å². The minimum absolute atomic E-state index is 0.410. The van der Waals surface area contributed by atoms with E-state index in [2.05, 4.69) is 0 Å². The second kappa shape index (κ2) is 6.57. The molecule has 4 rings (SSSR count). The third-order valence-electron chi connectivity index (χ3n) is 4.41. The number of amidine groups is 1. The standard InChI is InChI=1S/C20H19N3O3/c1-24-15-7-3-13(4-8-15)19-22-20-17(11-12-26-20)18(21)23(19)14-5-9-16(25-2)10-6-14/h3-12,18H,21H2,1-2H3. The minimum Gasteiger partial charge on any atom is -0.497 e. The molecule has 2 aromatic carbocycles. The van der Waals surface area contributed by atoms with Crippen molar-refractivity contribution in [2.45, 2.75) is 6.17 Å². The summed E-state index contributed by atoms with van der Waals surface area (Å²) in [6.07, 6.45) is 1.20. The number of ether oxygens (including phenoxy) is 2. The zero-order chi connectivity index (χ0) is 18.1. The van der Waals surface area contributed by atoms with Crippen molar-refractivity contribution in [2.24, 2.45) is 10.7 Å². The molecular weight excluding hydrogens is 330 g/mol. The second-order valence-electron chi connectivity index (χ2n) is 5.86. The second-order valence-corrected chi connectivity index (χ2v) is 5.86. The van der Waals surface area contributed by atoms with E-state index in [0.29, 0.717) is 11.7 Å². The Morgan fingerprint density at radius 1 is 0.923 bits per heavy atom. The van der Waals surface area contributed by atoms with Crippen LogP contribution in [0.25, 0.3) is 0 Å². The summed E-state index contributed by atoms with van der Waals surface area (Å²) in [4.78, 5) is 6.69. The molecule has 2 heterocycles. The molecule has 0 aliphatic carbocycles. The fraction of sp³-hybridized carbons (Fsp3) is 0.150. The predicted molar refractivity (Wildman–Crippen MR) is 100 cm³/mol. The number of anilines is 1. The molecule has 0 amide bonds. The summed E-state index contributed by atoms with van der Waals surface area (Å²) in [7, 11) is 3.28. The molecule has 6 heteroatoms. The Balaban J connectivity index is 1.82. The van der Waals surface area contributed by atoms with Gasteiger partial charge in [-0.25, -0.2) is 0 Å². The lowest BCUT2D eigenvalue weighted by atomic mass is 10.1. The highest BCUT2D eigenvalue weighted by Crippen LogP contribution is 2.38. The van der Waals surface area contributed by atoms with Crippen molar-refractivity contribution >= 4 is 17.4 Å². The van der Waals surface area contributed by atoms with Gasteiger partial charge >= 0.3 is 0 Å². The number of furan rings is 1. The average Bonchev–Trinajstić information content (AvgIpc) is 3.17. The molecule has 2 N–H and O–H groups in total. The lowest BCUT2D eigenvalue weighted by molar-refractivity contribution is 0.414. The molecule has 0 bridgehead atoms. The molecular formula is C20H19N3O3. The van der Waals surface area contributed by atoms with Gasteiger partial charge in [0.2, 0.25) is 5.88 Å². The van der Waals surface area contributed by atoms with Crippen molar-refractivity contribution in [3.8, 4) is 11.5 Å². The molecule has 0 radical (unpaired) electrons. The summed E-state index contributed by atoms with van der Waals surface area (Å²) in [6.45, 7) is 0. The van der Waals surface area contributed by atoms with Crippen LogP contribution < -0.4 is 20.1 Å². The Hall–Kier alpha value is -3.25. The number of benzene rings is 2. The van der Waals surface area contributed by atoms with E-state index in [-0.39, 0.29) is 0 Å². The van der Waals surface area contributed by atoms with Gasteiger partial charge in [0.25, 0.3) is 0 Å². The Morgan fingerprint density at radius 3 is 2.15 bits per heavy atom. The minimum atomic E-state index is -0.410. The first-order valence-electron chi connectivity index (χ1n) is 8.20. The molecule has 1 atom stereocenters. The molecule has 6 nitrogen and oxygen atoms in total. The van der Waals surface area contributed by atoms with Crippen LogP contribution in [0.2, 0.25) is 0 Å². The van der Waals surface area contributed by atoms with Gasteiger partial charge in [-0.15, -0.1) is 0 Å². The number of hydrogen-bond acceptors (Lipinski definition) is 6. The smallest absolute Gasteiger partial charge is 0.227 e.